The number of amides is 1. The summed E-state index contributed by atoms with van der Waals surface area (Å²) < 4.78 is 15.2. The molecule has 0 N–H and O–H groups in total. The molecule has 8 nitrogen and oxygen atoms in total. The Morgan fingerprint density at radius 3 is 2.66 bits per heavy atom. The Morgan fingerprint density at radius 2 is 2.00 bits per heavy atom. The van der Waals surface area contributed by atoms with Gasteiger partial charge in [-0.15, -0.1) is 0 Å². The second kappa shape index (κ2) is 8.52. The van der Waals surface area contributed by atoms with Crippen LogP contribution in [0.5, 0.6) is 5.75 Å². The van der Waals surface area contributed by atoms with Crippen LogP contribution in [0.25, 0.3) is 0 Å². The first kappa shape index (κ1) is 20.7. The molecule has 0 unspecified atom stereocenters. The lowest BCUT2D eigenvalue weighted by atomic mass is 9.94. The highest BCUT2D eigenvalue weighted by atomic mass is 32.2. The number of aliphatic imine (C=N–C) groups is 1. The van der Waals surface area contributed by atoms with Gasteiger partial charge in [0.25, 0.3) is 5.91 Å². The van der Waals surface area contributed by atoms with Crippen molar-refractivity contribution in [2.75, 3.05) is 20.8 Å². The van der Waals surface area contributed by atoms with E-state index in [1.165, 1.54) is 25.2 Å². The minimum Gasteiger partial charge on any atom is -0.497 e. The molecule has 0 spiro atoms. The second-order valence-electron chi connectivity index (χ2n) is 6.10. The number of rotatable bonds is 5. The van der Waals surface area contributed by atoms with Gasteiger partial charge in [-0.1, -0.05) is 12.1 Å². The van der Waals surface area contributed by atoms with Crippen molar-refractivity contribution in [3.05, 3.63) is 52.1 Å². The third-order valence-corrected chi connectivity index (χ3v) is 5.35. The molecule has 0 aromatic heterocycles. The molecule has 0 bridgehead atoms. The summed E-state index contributed by atoms with van der Waals surface area (Å²) in [6, 6.07) is 6.31. The minimum absolute atomic E-state index is 0.129. The summed E-state index contributed by atoms with van der Waals surface area (Å²) in [5.41, 5.74) is 1.32. The quantitative estimate of drug-likeness (QED) is 0.681. The van der Waals surface area contributed by atoms with Gasteiger partial charge in [-0.25, -0.2) is 14.6 Å². The summed E-state index contributed by atoms with van der Waals surface area (Å²) in [5, 5.41) is 0.288. The fraction of sp³-hybridized carbons (Fsp3) is 0.300. The molecule has 2 aliphatic heterocycles. The molecule has 3 rings (SSSR count). The largest absolute Gasteiger partial charge is 0.497 e. The lowest BCUT2D eigenvalue weighted by Crippen LogP contribution is -2.44. The molecule has 1 atom stereocenters. The fourth-order valence-electron chi connectivity index (χ4n) is 3.09. The van der Waals surface area contributed by atoms with Gasteiger partial charge in [-0.2, -0.15) is 0 Å². The molecule has 2 heterocycles. The number of allylic oxidation sites excluding steroid dienone is 1. The van der Waals surface area contributed by atoms with E-state index in [9.17, 15) is 14.4 Å². The number of carbonyl (C=O) groups is 3. The number of esters is 2. The maximum atomic E-state index is 13.0. The highest BCUT2D eigenvalue weighted by molar-refractivity contribution is 8.18. The van der Waals surface area contributed by atoms with Gasteiger partial charge in [0, 0.05) is 6.08 Å². The zero-order valence-corrected chi connectivity index (χ0v) is 17.2. The number of thioether (sulfide) groups is 1. The van der Waals surface area contributed by atoms with Crippen molar-refractivity contribution in [1.29, 1.82) is 0 Å². The monoisotopic (exact) mass is 416 g/mol. The number of hydrogen-bond donors (Lipinski definition) is 0. The Hall–Kier alpha value is -3.07. The highest BCUT2D eigenvalue weighted by Gasteiger charge is 2.42. The van der Waals surface area contributed by atoms with Gasteiger partial charge in [0.05, 0.1) is 38.1 Å². The number of benzene rings is 1. The van der Waals surface area contributed by atoms with Gasteiger partial charge in [0.1, 0.15) is 10.7 Å². The van der Waals surface area contributed by atoms with Gasteiger partial charge in [0.15, 0.2) is 5.17 Å². The number of methoxy groups -OCH3 is 2. The van der Waals surface area contributed by atoms with Gasteiger partial charge in [-0.05, 0) is 43.3 Å². The average molecular weight is 416 g/mol. The summed E-state index contributed by atoms with van der Waals surface area (Å²) >= 11 is 1.02. The summed E-state index contributed by atoms with van der Waals surface area (Å²) in [7, 11) is 2.78. The van der Waals surface area contributed by atoms with Gasteiger partial charge < -0.3 is 14.2 Å². The van der Waals surface area contributed by atoms with Gasteiger partial charge in [0.2, 0.25) is 0 Å². The van der Waals surface area contributed by atoms with Crippen LogP contribution >= 0.6 is 11.8 Å². The van der Waals surface area contributed by atoms with Gasteiger partial charge >= 0.3 is 11.9 Å². The predicted molar refractivity (Wildman–Crippen MR) is 107 cm³/mol. The third-order valence-electron chi connectivity index (χ3n) is 4.38. The number of carbonyl (C=O) groups excluding carboxylic acids is 3. The first-order valence-electron chi connectivity index (χ1n) is 8.82. The molecule has 0 aliphatic carbocycles. The standard InChI is InChI=1S/C20H20N2O6S/c1-5-28-19(25)16-11(2)21-20-22(15(23)10-14(29-20)18(24)27-4)17(16)12-7-6-8-13(9-12)26-3/h6-10,17H,5H2,1-4H3/t17-/m1/s1. The van der Waals surface area contributed by atoms with Crippen molar-refractivity contribution in [3.8, 4) is 5.75 Å². The summed E-state index contributed by atoms with van der Waals surface area (Å²) in [4.78, 5) is 43.5. The maximum absolute atomic E-state index is 13.0. The number of fused-ring (bicyclic) bond motifs is 1. The number of ether oxygens (including phenoxy) is 3. The van der Waals surface area contributed by atoms with Crippen molar-refractivity contribution < 1.29 is 28.6 Å². The molecule has 0 saturated heterocycles. The zero-order valence-electron chi connectivity index (χ0n) is 16.4. The van der Waals surface area contributed by atoms with Crippen LogP contribution in [0.15, 0.2) is 51.5 Å². The molecule has 9 heteroatoms. The molecule has 29 heavy (non-hydrogen) atoms. The molecule has 1 aromatic rings. The first-order chi connectivity index (χ1) is 13.9. The van der Waals surface area contributed by atoms with E-state index in [1.54, 1.807) is 38.1 Å². The Balaban J connectivity index is 2.17. The van der Waals surface area contributed by atoms with E-state index in [0.29, 0.717) is 17.0 Å². The Kier molecular flexibility index (Phi) is 6.07. The van der Waals surface area contributed by atoms with E-state index in [0.717, 1.165) is 11.8 Å². The fourth-order valence-corrected chi connectivity index (χ4v) is 4.09. The van der Waals surface area contributed by atoms with Crippen molar-refractivity contribution in [2.24, 2.45) is 4.99 Å². The zero-order chi connectivity index (χ0) is 21.1. The van der Waals surface area contributed by atoms with Crippen LogP contribution < -0.4 is 4.74 Å². The van der Waals surface area contributed by atoms with E-state index in [4.69, 9.17) is 14.2 Å². The number of nitrogens with zero attached hydrogens (tertiary/aromatic N) is 2. The smallest absolute Gasteiger partial charge is 0.345 e. The van der Waals surface area contributed by atoms with E-state index in [-0.39, 0.29) is 22.3 Å². The molecule has 2 aliphatic rings. The number of hydrogen-bond acceptors (Lipinski definition) is 8. The van der Waals surface area contributed by atoms with Gasteiger partial charge in [-0.3, -0.25) is 9.69 Å². The van der Waals surface area contributed by atoms with E-state index in [1.807, 2.05) is 0 Å². The molecule has 0 saturated carbocycles. The molecule has 0 fully saturated rings. The van der Waals surface area contributed by atoms with Crippen LogP contribution in [-0.4, -0.2) is 48.7 Å². The Bertz CT molecular complexity index is 965. The van der Waals surface area contributed by atoms with Crippen molar-refractivity contribution in [2.45, 2.75) is 19.9 Å². The normalized spacial score (nSPS) is 18.6. The topological polar surface area (TPSA) is 94.5 Å². The predicted octanol–water partition coefficient (Wildman–Crippen LogP) is 2.58. The highest BCUT2D eigenvalue weighted by Crippen LogP contribution is 2.42. The van der Waals surface area contributed by atoms with E-state index in [2.05, 4.69) is 4.99 Å². The number of amidine groups is 1. The summed E-state index contributed by atoms with van der Waals surface area (Å²) in [6.07, 6.45) is 1.19. The van der Waals surface area contributed by atoms with E-state index >= 15 is 0 Å². The SMILES string of the molecule is CCOC(=O)C1=C(C)N=C2SC(C(=O)OC)=CC(=O)N2[C@@H]1c1cccc(OC)c1. The van der Waals surface area contributed by atoms with E-state index < -0.39 is 23.9 Å². The second-order valence-corrected chi connectivity index (χ2v) is 7.11. The van der Waals surface area contributed by atoms with Crippen molar-refractivity contribution in [1.82, 2.24) is 4.90 Å². The maximum Gasteiger partial charge on any atom is 0.345 e. The van der Waals surface area contributed by atoms with Crippen molar-refractivity contribution >= 4 is 34.8 Å². The molecule has 1 amide bonds. The van der Waals surface area contributed by atoms with Crippen molar-refractivity contribution in [3.63, 3.8) is 0 Å². The molecular formula is C20H20N2O6S. The Labute approximate surface area is 172 Å². The molecule has 1 aromatic carbocycles. The average Bonchev–Trinajstić information content (AvgIpc) is 2.72. The van der Waals surface area contributed by atoms with Crippen LogP contribution in [0.2, 0.25) is 0 Å². The molecule has 152 valence electrons. The molecular weight excluding hydrogens is 396 g/mol. The first-order valence-corrected chi connectivity index (χ1v) is 9.64. The minimum atomic E-state index is -0.771. The summed E-state index contributed by atoms with van der Waals surface area (Å²) in [5.74, 6) is -1.08. The van der Waals surface area contributed by atoms with Crippen LogP contribution in [0.4, 0.5) is 0 Å². The van der Waals surface area contributed by atoms with Crippen LogP contribution in [-0.2, 0) is 23.9 Å². The Morgan fingerprint density at radius 1 is 1.24 bits per heavy atom. The van der Waals surface area contributed by atoms with Crippen LogP contribution in [0.3, 0.4) is 0 Å². The van der Waals surface area contributed by atoms with Crippen LogP contribution in [0, 0.1) is 0 Å². The lowest BCUT2D eigenvalue weighted by molar-refractivity contribution is -0.140. The molecule has 0 radical (unpaired) electrons. The lowest BCUT2D eigenvalue weighted by Gasteiger charge is -2.38. The summed E-state index contributed by atoms with van der Waals surface area (Å²) in [6.45, 7) is 3.57. The third kappa shape index (κ3) is 3.91. The van der Waals surface area contributed by atoms with Crippen LogP contribution in [0.1, 0.15) is 25.5 Å².